The molecular weight excluding hydrogens is 247 g/mol. The van der Waals surface area contributed by atoms with Gasteiger partial charge in [-0.1, -0.05) is 0 Å². The Labute approximate surface area is 110 Å². The van der Waals surface area contributed by atoms with E-state index in [9.17, 15) is 9.18 Å². The SMILES string of the molecule is Cc1cc(NC(=O)c2cc(N)c(C)c(F)c2)n(C)n1. The number of benzene rings is 1. The van der Waals surface area contributed by atoms with Gasteiger partial charge in [-0.3, -0.25) is 9.48 Å². The van der Waals surface area contributed by atoms with Crippen LogP contribution in [0.15, 0.2) is 18.2 Å². The first-order valence-electron chi connectivity index (χ1n) is 5.76. The normalized spacial score (nSPS) is 10.5. The van der Waals surface area contributed by atoms with E-state index >= 15 is 0 Å². The summed E-state index contributed by atoms with van der Waals surface area (Å²) < 4.78 is 15.1. The summed E-state index contributed by atoms with van der Waals surface area (Å²) in [5.41, 5.74) is 7.21. The van der Waals surface area contributed by atoms with Gasteiger partial charge in [0.2, 0.25) is 0 Å². The third kappa shape index (κ3) is 2.57. The molecule has 0 aliphatic carbocycles. The Kier molecular flexibility index (Phi) is 3.25. The molecule has 0 unspecified atom stereocenters. The lowest BCUT2D eigenvalue weighted by Gasteiger charge is -2.08. The maximum absolute atomic E-state index is 13.5. The molecule has 0 bridgehead atoms. The van der Waals surface area contributed by atoms with E-state index in [0.717, 1.165) is 5.69 Å². The second-order valence-corrected chi connectivity index (χ2v) is 4.42. The molecule has 1 amide bonds. The number of nitrogens with two attached hydrogens (primary N) is 1. The molecule has 1 heterocycles. The Morgan fingerprint density at radius 3 is 2.58 bits per heavy atom. The predicted molar refractivity (Wildman–Crippen MR) is 71.4 cm³/mol. The van der Waals surface area contributed by atoms with Crippen molar-refractivity contribution in [2.75, 3.05) is 11.1 Å². The molecule has 0 aliphatic rings. The number of rotatable bonds is 2. The minimum absolute atomic E-state index is 0.180. The minimum Gasteiger partial charge on any atom is -0.398 e. The number of carbonyl (C=O) groups excluding carboxylic acids is 1. The van der Waals surface area contributed by atoms with Gasteiger partial charge in [-0.15, -0.1) is 0 Å². The second kappa shape index (κ2) is 4.72. The van der Waals surface area contributed by atoms with Crippen LogP contribution in [0.1, 0.15) is 21.6 Å². The summed E-state index contributed by atoms with van der Waals surface area (Å²) >= 11 is 0. The monoisotopic (exact) mass is 262 g/mol. The van der Waals surface area contributed by atoms with Crippen molar-refractivity contribution >= 4 is 17.4 Å². The number of hydrogen-bond donors (Lipinski definition) is 2. The number of aryl methyl sites for hydroxylation is 2. The summed E-state index contributed by atoms with van der Waals surface area (Å²) in [6, 6.07) is 4.35. The highest BCUT2D eigenvalue weighted by molar-refractivity contribution is 6.04. The average Bonchev–Trinajstić information content (AvgIpc) is 2.64. The lowest BCUT2D eigenvalue weighted by molar-refractivity contribution is 0.102. The first kappa shape index (κ1) is 13.1. The number of hydrogen-bond acceptors (Lipinski definition) is 3. The van der Waals surface area contributed by atoms with Crippen LogP contribution in [0.25, 0.3) is 0 Å². The van der Waals surface area contributed by atoms with E-state index in [1.54, 1.807) is 24.7 Å². The van der Waals surface area contributed by atoms with Crippen molar-refractivity contribution in [2.45, 2.75) is 13.8 Å². The quantitative estimate of drug-likeness (QED) is 0.813. The number of aromatic nitrogens is 2. The molecule has 19 heavy (non-hydrogen) atoms. The van der Waals surface area contributed by atoms with Gasteiger partial charge in [0.15, 0.2) is 0 Å². The number of nitrogen functional groups attached to an aromatic ring is 1. The van der Waals surface area contributed by atoms with Gasteiger partial charge in [-0.2, -0.15) is 5.10 Å². The highest BCUT2D eigenvalue weighted by Crippen LogP contribution is 2.18. The lowest BCUT2D eigenvalue weighted by Crippen LogP contribution is -2.15. The first-order valence-corrected chi connectivity index (χ1v) is 5.76. The number of carbonyl (C=O) groups is 1. The van der Waals surface area contributed by atoms with Gasteiger partial charge >= 0.3 is 0 Å². The average molecular weight is 262 g/mol. The molecule has 2 rings (SSSR count). The number of anilines is 2. The Balaban J connectivity index is 2.28. The Morgan fingerprint density at radius 1 is 1.37 bits per heavy atom. The summed E-state index contributed by atoms with van der Waals surface area (Å²) in [6.45, 7) is 3.38. The molecule has 3 N–H and O–H groups in total. The maximum atomic E-state index is 13.5. The van der Waals surface area contributed by atoms with Crippen LogP contribution in [0.3, 0.4) is 0 Å². The Hall–Kier alpha value is -2.37. The predicted octanol–water partition coefficient (Wildman–Crippen LogP) is 2.01. The molecule has 0 saturated heterocycles. The van der Waals surface area contributed by atoms with Crippen molar-refractivity contribution in [3.05, 3.63) is 40.8 Å². The van der Waals surface area contributed by atoms with Gasteiger partial charge in [0, 0.05) is 29.9 Å². The molecule has 0 spiro atoms. The zero-order valence-corrected chi connectivity index (χ0v) is 11.0. The third-order valence-electron chi connectivity index (χ3n) is 2.89. The van der Waals surface area contributed by atoms with Crippen LogP contribution in [0.4, 0.5) is 15.9 Å². The molecule has 5 nitrogen and oxygen atoms in total. The summed E-state index contributed by atoms with van der Waals surface area (Å²) in [4.78, 5) is 12.0. The highest BCUT2D eigenvalue weighted by atomic mass is 19.1. The van der Waals surface area contributed by atoms with Crippen LogP contribution in [0.5, 0.6) is 0 Å². The van der Waals surface area contributed by atoms with E-state index in [0.29, 0.717) is 11.4 Å². The first-order chi connectivity index (χ1) is 8.88. The van der Waals surface area contributed by atoms with Gasteiger partial charge in [-0.25, -0.2) is 4.39 Å². The van der Waals surface area contributed by atoms with Gasteiger partial charge in [0.1, 0.15) is 11.6 Å². The van der Waals surface area contributed by atoms with Crippen LogP contribution in [-0.2, 0) is 7.05 Å². The summed E-state index contributed by atoms with van der Waals surface area (Å²) in [5.74, 6) is -0.373. The number of amides is 1. The molecule has 6 heteroatoms. The van der Waals surface area contributed by atoms with Crippen molar-refractivity contribution < 1.29 is 9.18 Å². The van der Waals surface area contributed by atoms with E-state index < -0.39 is 11.7 Å². The lowest BCUT2D eigenvalue weighted by atomic mass is 10.1. The largest absolute Gasteiger partial charge is 0.398 e. The molecule has 100 valence electrons. The van der Waals surface area contributed by atoms with Crippen LogP contribution in [-0.4, -0.2) is 15.7 Å². The van der Waals surface area contributed by atoms with E-state index in [1.807, 2.05) is 6.92 Å². The fourth-order valence-corrected chi connectivity index (χ4v) is 1.75. The molecule has 0 atom stereocenters. The van der Waals surface area contributed by atoms with E-state index in [4.69, 9.17) is 5.73 Å². The van der Waals surface area contributed by atoms with Crippen molar-refractivity contribution in [2.24, 2.45) is 7.05 Å². The zero-order valence-electron chi connectivity index (χ0n) is 11.0. The zero-order chi connectivity index (χ0) is 14.2. The molecule has 0 aliphatic heterocycles. The molecule has 1 aromatic carbocycles. The van der Waals surface area contributed by atoms with Crippen molar-refractivity contribution in [3.63, 3.8) is 0 Å². The molecule has 0 saturated carbocycles. The minimum atomic E-state index is -0.494. The van der Waals surface area contributed by atoms with Gasteiger partial charge in [0.05, 0.1) is 5.69 Å². The Bertz CT molecular complexity index is 625. The molecule has 1 aromatic heterocycles. The molecule has 0 radical (unpaired) electrons. The smallest absolute Gasteiger partial charge is 0.256 e. The third-order valence-corrected chi connectivity index (χ3v) is 2.89. The van der Waals surface area contributed by atoms with Crippen LogP contribution >= 0.6 is 0 Å². The molecule has 2 aromatic rings. The maximum Gasteiger partial charge on any atom is 0.256 e. The number of nitrogens with zero attached hydrogens (tertiary/aromatic N) is 2. The Morgan fingerprint density at radius 2 is 2.05 bits per heavy atom. The van der Waals surface area contributed by atoms with Crippen LogP contribution in [0.2, 0.25) is 0 Å². The summed E-state index contributed by atoms with van der Waals surface area (Å²) in [5, 5.41) is 6.77. The summed E-state index contributed by atoms with van der Waals surface area (Å²) in [7, 11) is 1.71. The van der Waals surface area contributed by atoms with Gasteiger partial charge < -0.3 is 11.1 Å². The van der Waals surface area contributed by atoms with E-state index in [2.05, 4.69) is 10.4 Å². The highest BCUT2D eigenvalue weighted by Gasteiger charge is 2.13. The van der Waals surface area contributed by atoms with Crippen LogP contribution < -0.4 is 11.1 Å². The molecule has 0 fully saturated rings. The van der Waals surface area contributed by atoms with Gasteiger partial charge in [-0.05, 0) is 26.0 Å². The summed E-state index contributed by atoms with van der Waals surface area (Å²) in [6.07, 6.45) is 0. The fourth-order valence-electron chi connectivity index (χ4n) is 1.75. The topological polar surface area (TPSA) is 72.9 Å². The van der Waals surface area contributed by atoms with E-state index in [1.165, 1.54) is 12.1 Å². The fraction of sp³-hybridized carbons (Fsp3) is 0.231. The van der Waals surface area contributed by atoms with E-state index in [-0.39, 0.29) is 11.3 Å². The number of nitrogens with one attached hydrogen (secondary N) is 1. The van der Waals surface area contributed by atoms with Crippen molar-refractivity contribution in [3.8, 4) is 0 Å². The van der Waals surface area contributed by atoms with Crippen molar-refractivity contribution in [1.82, 2.24) is 9.78 Å². The standard InChI is InChI=1S/C13H15FN4O/c1-7-4-12(18(3)17-7)16-13(19)9-5-10(14)8(2)11(15)6-9/h4-6H,15H2,1-3H3,(H,16,19). The number of halogens is 1. The van der Waals surface area contributed by atoms with Gasteiger partial charge in [0.25, 0.3) is 5.91 Å². The van der Waals surface area contributed by atoms with Crippen molar-refractivity contribution in [1.29, 1.82) is 0 Å². The van der Waals surface area contributed by atoms with Crippen LogP contribution in [0, 0.1) is 19.7 Å². The second-order valence-electron chi connectivity index (χ2n) is 4.42. The molecular formula is C13H15FN4O.